The first-order chi connectivity index (χ1) is 12.5. The molecule has 2 bridgehead atoms. The number of anilines is 2. The minimum Gasteiger partial charge on any atom is -0.381 e. The number of aromatic nitrogens is 2. The predicted octanol–water partition coefficient (Wildman–Crippen LogP) is 2.18. The minimum absolute atomic E-state index is 0.514. The molecule has 0 spiro atoms. The molecule has 0 N–H and O–H groups in total. The van der Waals surface area contributed by atoms with E-state index in [0.29, 0.717) is 6.10 Å². The Morgan fingerprint density at radius 1 is 1.04 bits per heavy atom. The molecule has 2 aliphatic heterocycles. The van der Waals surface area contributed by atoms with E-state index in [9.17, 15) is 0 Å². The van der Waals surface area contributed by atoms with Gasteiger partial charge in [0.25, 0.3) is 0 Å². The van der Waals surface area contributed by atoms with Gasteiger partial charge in [-0.25, -0.2) is 4.98 Å². The van der Waals surface area contributed by atoms with Gasteiger partial charge in [0.05, 0.1) is 6.10 Å². The van der Waals surface area contributed by atoms with Crippen LogP contribution in [0.2, 0.25) is 0 Å². The third-order valence-corrected chi connectivity index (χ3v) is 6.58. The van der Waals surface area contributed by atoms with E-state index in [4.69, 9.17) is 9.72 Å². The van der Waals surface area contributed by atoms with Crippen molar-refractivity contribution < 1.29 is 4.74 Å². The van der Waals surface area contributed by atoms with Gasteiger partial charge < -0.3 is 14.5 Å². The number of hydrogen-bond acceptors (Lipinski definition) is 6. The summed E-state index contributed by atoms with van der Waals surface area (Å²) in [6, 6.07) is 2.85. The van der Waals surface area contributed by atoms with Crippen molar-refractivity contribution in [3.63, 3.8) is 0 Å². The lowest BCUT2D eigenvalue weighted by atomic mass is 9.91. The lowest BCUT2D eigenvalue weighted by Crippen LogP contribution is -2.53. The van der Waals surface area contributed by atoms with Crippen LogP contribution in [-0.4, -0.2) is 74.4 Å². The Labute approximate surface area is 157 Å². The zero-order valence-electron chi connectivity index (χ0n) is 16.7. The van der Waals surface area contributed by atoms with Crippen LogP contribution in [-0.2, 0) is 4.74 Å². The molecule has 1 unspecified atom stereocenters. The maximum Gasteiger partial charge on any atom is 0.226 e. The highest BCUT2D eigenvalue weighted by Gasteiger charge is 2.44. The summed E-state index contributed by atoms with van der Waals surface area (Å²) in [7, 11) is 5.90. The molecule has 3 heterocycles. The van der Waals surface area contributed by atoms with Crippen molar-refractivity contribution in [3.05, 3.63) is 11.8 Å². The number of hydrogen-bond donors (Lipinski definition) is 0. The second-order valence-corrected chi connectivity index (χ2v) is 8.53. The zero-order chi connectivity index (χ0) is 18.3. The number of nitrogens with zero attached hydrogens (tertiary/aromatic N) is 5. The van der Waals surface area contributed by atoms with Crippen molar-refractivity contribution in [3.8, 4) is 0 Å². The van der Waals surface area contributed by atoms with Crippen LogP contribution in [0.5, 0.6) is 0 Å². The largest absolute Gasteiger partial charge is 0.381 e. The van der Waals surface area contributed by atoms with Gasteiger partial charge in [-0.3, -0.25) is 4.90 Å². The summed E-state index contributed by atoms with van der Waals surface area (Å²) in [6.45, 7) is 6.70. The summed E-state index contributed by atoms with van der Waals surface area (Å²) in [6.07, 6.45) is 5.69. The molecule has 26 heavy (non-hydrogen) atoms. The van der Waals surface area contributed by atoms with Gasteiger partial charge in [0.15, 0.2) is 0 Å². The maximum atomic E-state index is 5.78. The molecule has 6 nitrogen and oxygen atoms in total. The molecule has 1 aliphatic carbocycles. The smallest absolute Gasteiger partial charge is 0.226 e. The number of rotatable bonds is 4. The number of methoxy groups -OCH3 is 1. The summed E-state index contributed by atoms with van der Waals surface area (Å²) >= 11 is 0. The van der Waals surface area contributed by atoms with E-state index in [1.54, 1.807) is 0 Å². The molecule has 6 heteroatoms. The average molecular weight is 360 g/mol. The van der Waals surface area contributed by atoms with Crippen LogP contribution in [0.1, 0.15) is 31.4 Å². The second kappa shape index (κ2) is 7.31. The first-order valence-corrected chi connectivity index (χ1v) is 10.1. The predicted molar refractivity (Wildman–Crippen MR) is 105 cm³/mol. The molecule has 0 radical (unpaired) electrons. The van der Waals surface area contributed by atoms with Gasteiger partial charge in [-0.05, 0) is 44.4 Å². The summed E-state index contributed by atoms with van der Waals surface area (Å²) < 4.78 is 5.78. The van der Waals surface area contributed by atoms with E-state index in [1.807, 2.05) is 26.1 Å². The van der Waals surface area contributed by atoms with Gasteiger partial charge in [-0.2, -0.15) is 4.98 Å². The van der Waals surface area contributed by atoms with E-state index < -0.39 is 0 Å². The fourth-order valence-corrected chi connectivity index (χ4v) is 5.25. The molecule has 1 saturated carbocycles. The fraction of sp³-hybridized carbons (Fsp3) is 0.800. The Bertz CT molecular complexity index is 615. The van der Waals surface area contributed by atoms with Crippen LogP contribution in [0.4, 0.5) is 11.8 Å². The van der Waals surface area contributed by atoms with Crippen LogP contribution in [0.3, 0.4) is 0 Å². The van der Waals surface area contributed by atoms with E-state index in [2.05, 4.69) is 27.8 Å². The van der Waals surface area contributed by atoms with Gasteiger partial charge in [0, 0.05) is 65.2 Å². The SMILES string of the molecule is COC1[C@@H]2CC[C@H]1CN(C1CCN(c3cc(C)nc(N(C)C)n3)CC1)C2. The third-order valence-electron chi connectivity index (χ3n) is 6.58. The van der Waals surface area contributed by atoms with Gasteiger partial charge in [-0.15, -0.1) is 0 Å². The summed E-state index contributed by atoms with van der Waals surface area (Å²) in [5.41, 5.74) is 1.04. The normalized spacial score (nSPS) is 30.0. The lowest BCUT2D eigenvalue weighted by Gasteiger charge is -2.44. The van der Waals surface area contributed by atoms with E-state index in [0.717, 1.165) is 48.4 Å². The first kappa shape index (κ1) is 18.0. The van der Waals surface area contributed by atoms with E-state index in [-0.39, 0.29) is 0 Å². The molecule has 1 aromatic rings. The molecule has 3 aliphatic rings. The Morgan fingerprint density at radius 2 is 1.69 bits per heavy atom. The van der Waals surface area contributed by atoms with Gasteiger partial charge >= 0.3 is 0 Å². The van der Waals surface area contributed by atoms with Crippen LogP contribution in [0.15, 0.2) is 6.07 Å². The molecule has 1 aromatic heterocycles. The number of fused-ring (bicyclic) bond motifs is 2. The number of aryl methyl sites for hydroxylation is 1. The number of ether oxygens (including phenoxy) is 1. The Balaban J connectivity index is 1.38. The maximum absolute atomic E-state index is 5.78. The highest BCUT2D eigenvalue weighted by atomic mass is 16.5. The molecule has 4 rings (SSSR count). The molecule has 0 aromatic carbocycles. The molecule has 3 atom stereocenters. The minimum atomic E-state index is 0.514. The quantitative estimate of drug-likeness (QED) is 0.821. The Hall–Kier alpha value is -1.40. The van der Waals surface area contributed by atoms with Gasteiger partial charge in [0.1, 0.15) is 5.82 Å². The molecule has 3 fully saturated rings. The highest BCUT2D eigenvalue weighted by Crippen LogP contribution is 2.40. The molecule has 0 amide bonds. The summed E-state index contributed by atoms with van der Waals surface area (Å²) in [4.78, 5) is 16.5. The van der Waals surface area contributed by atoms with Crippen LogP contribution in [0.25, 0.3) is 0 Å². The monoisotopic (exact) mass is 359 g/mol. The third kappa shape index (κ3) is 3.41. The highest BCUT2D eigenvalue weighted by molar-refractivity contribution is 5.45. The van der Waals surface area contributed by atoms with Crippen molar-refractivity contribution in [1.82, 2.24) is 14.9 Å². The first-order valence-electron chi connectivity index (χ1n) is 10.1. The lowest BCUT2D eigenvalue weighted by molar-refractivity contribution is -0.0306. The topological polar surface area (TPSA) is 44.7 Å². The van der Waals surface area contributed by atoms with Gasteiger partial charge in [0.2, 0.25) is 5.95 Å². The summed E-state index contributed by atoms with van der Waals surface area (Å²) in [5.74, 6) is 3.39. The number of likely N-dealkylation sites (tertiary alicyclic amines) is 1. The van der Waals surface area contributed by atoms with Crippen molar-refractivity contribution >= 4 is 11.8 Å². The fourth-order valence-electron chi connectivity index (χ4n) is 5.25. The Morgan fingerprint density at radius 3 is 2.27 bits per heavy atom. The van der Waals surface area contributed by atoms with Crippen molar-refractivity contribution in [1.29, 1.82) is 0 Å². The van der Waals surface area contributed by atoms with E-state index >= 15 is 0 Å². The second-order valence-electron chi connectivity index (χ2n) is 8.53. The Kier molecular flexibility index (Phi) is 5.06. The standard InChI is InChI=1S/C20H33N5O/c1-14-11-18(22-20(21-14)23(2)3)24-9-7-17(8-10-24)25-12-15-5-6-16(13-25)19(15)26-4/h11,15-17,19H,5-10,12-13H2,1-4H3/t15-,16+,19?. The van der Waals surface area contributed by atoms with Crippen molar-refractivity contribution in [2.24, 2.45) is 11.8 Å². The van der Waals surface area contributed by atoms with E-state index in [1.165, 1.54) is 38.8 Å². The van der Waals surface area contributed by atoms with Crippen LogP contribution >= 0.6 is 0 Å². The average Bonchev–Trinajstić information content (AvgIpc) is 2.89. The summed E-state index contributed by atoms with van der Waals surface area (Å²) in [5, 5.41) is 0. The molecular weight excluding hydrogens is 326 g/mol. The van der Waals surface area contributed by atoms with Gasteiger partial charge in [-0.1, -0.05) is 0 Å². The van der Waals surface area contributed by atoms with Crippen molar-refractivity contribution in [2.45, 2.75) is 44.8 Å². The molecule has 2 saturated heterocycles. The number of piperidine rings is 2. The van der Waals surface area contributed by atoms with Crippen LogP contribution < -0.4 is 9.80 Å². The van der Waals surface area contributed by atoms with Crippen molar-refractivity contribution in [2.75, 3.05) is 57.2 Å². The molecular formula is C20H33N5O. The zero-order valence-corrected chi connectivity index (χ0v) is 16.7. The molecule has 144 valence electrons. The van der Waals surface area contributed by atoms with Crippen LogP contribution in [0, 0.1) is 18.8 Å².